The minimum atomic E-state index is 0.0791. The van der Waals surface area contributed by atoms with Gasteiger partial charge in [0, 0.05) is 25.7 Å². The van der Waals surface area contributed by atoms with Gasteiger partial charge in [0.15, 0.2) is 0 Å². The van der Waals surface area contributed by atoms with E-state index in [2.05, 4.69) is 12.2 Å². The summed E-state index contributed by atoms with van der Waals surface area (Å²) in [5, 5.41) is 2.87. The highest BCUT2D eigenvalue weighted by Gasteiger charge is 2.04. The molecule has 1 N–H and O–H groups in total. The normalized spacial score (nSPS) is 10.7. The van der Waals surface area contributed by atoms with Crippen LogP contribution in [0.2, 0.25) is 0 Å². The smallest absolute Gasteiger partial charge is 0.222 e. The lowest BCUT2D eigenvalue weighted by molar-refractivity contribution is -0.124. The molecule has 3 heteroatoms. The van der Waals surface area contributed by atoms with Crippen molar-refractivity contribution in [3.63, 3.8) is 0 Å². The van der Waals surface area contributed by atoms with Gasteiger partial charge in [-0.2, -0.15) is 0 Å². The Labute approximate surface area is 93.6 Å². The van der Waals surface area contributed by atoms with Crippen LogP contribution in [0.5, 0.6) is 0 Å². The van der Waals surface area contributed by atoms with Gasteiger partial charge in [0.05, 0.1) is 0 Å². The highest BCUT2D eigenvalue weighted by atomic mass is 16.5. The maximum absolute atomic E-state index is 11.2. The molecule has 0 aromatic heterocycles. The number of hydrogen-bond donors (Lipinski definition) is 1. The third-order valence-electron chi connectivity index (χ3n) is 2.18. The molecule has 0 aromatic rings. The first-order chi connectivity index (χ1) is 7.18. The first-order valence-corrected chi connectivity index (χ1v) is 6.04. The minimum absolute atomic E-state index is 0.0791. The lowest BCUT2D eigenvalue weighted by Crippen LogP contribution is -2.29. The Morgan fingerprint density at radius 2 is 1.87 bits per heavy atom. The van der Waals surface area contributed by atoms with Crippen molar-refractivity contribution in [2.24, 2.45) is 5.92 Å². The number of rotatable bonds is 9. The molecule has 0 fully saturated rings. The Hall–Kier alpha value is -0.570. The van der Waals surface area contributed by atoms with Crippen molar-refractivity contribution in [2.45, 2.75) is 46.5 Å². The highest BCUT2D eigenvalue weighted by Crippen LogP contribution is 1.95. The van der Waals surface area contributed by atoms with Crippen LogP contribution in [0.15, 0.2) is 0 Å². The summed E-state index contributed by atoms with van der Waals surface area (Å²) in [4.78, 5) is 11.2. The van der Waals surface area contributed by atoms with Gasteiger partial charge in [0.25, 0.3) is 0 Å². The fraction of sp³-hybridized carbons (Fsp3) is 0.917. The molecule has 0 spiro atoms. The summed E-state index contributed by atoms with van der Waals surface area (Å²) in [7, 11) is 0. The molecule has 0 radical (unpaired) electrons. The van der Waals surface area contributed by atoms with Gasteiger partial charge in [-0.05, 0) is 12.8 Å². The molecule has 0 aromatic carbocycles. The van der Waals surface area contributed by atoms with Crippen molar-refractivity contribution in [3.8, 4) is 0 Å². The Morgan fingerprint density at radius 3 is 2.47 bits per heavy atom. The van der Waals surface area contributed by atoms with Crippen LogP contribution in [0.3, 0.4) is 0 Å². The summed E-state index contributed by atoms with van der Waals surface area (Å²) in [6, 6.07) is 0. The highest BCUT2D eigenvalue weighted by molar-refractivity contribution is 5.77. The molecule has 0 rings (SSSR count). The molecule has 0 atom stereocenters. The van der Waals surface area contributed by atoms with Gasteiger partial charge in [-0.15, -0.1) is 0 Å². The van der Waals surface area contributed by atoms with E-state index in [1.807, 2.05) is 13.8 Å². The van der Waals surface area contributed by atoms with E-state index in [1.54, 1.807) is 0 Å². The molecule has 0 aliphatic heterocycles. The van der Waals surface area contributed by atoms with Crippen molar-refractivity contribution in [1.82, 2.24) is 5.32 Å². The summed E-state index contributed by atoms with van der Waals surface area (Å²) < 4.78 is 5.43. The Morgan fingerprint density at radius 1 is 1.20 bits per heavy atom. The summed E-state index contributed by atoms with van der Waals surface area (Å²) >= 11 is 0. The van der Waals surface area contributed by atoms with Crippen LogP contribution in [0.25, 0.3) is 0 Å². The molecule has 0 aliphatic rings. The second kappa shape index (κ2) is 9.97. The van der Waals surface area contributed by atoms with Gasteiger partial charge in [0.2, 0.25) is 5.91 Å². The monoisotopic (exact) mass is 215 g/mol. The van der Waals surface area contributed by atoms with E-state index in [0.717, 1.165) is 32.6 Å². The van der Waals surface area contributed by atoms with Crippen LogP contribution in [0, 0.1) is 5.92 Å². The van der Waals surface area contributed by atoms with E-state index < -0.39 is 0 Å². The number of ether oxygens (including phenoxy) is 1. The Bertz CT molecular complexity index is 158. The number of amides is 1. The third kappa shape index (κ3) is 9.73. The van der Waals surface area contributed by atoms with E-state index >= 15 is 0 Å². The number of carbonyl (C=O) groups is 1. The van der Waals surface area contributed by atoms with Crippen LogP contribution in [0.4, 0.5) is 0 Å². The number of unbranched alkanes of at least 4 members (excludes halogenated alkanes) is 2. The first-order valence-electron chi connectivity index (χ1n) is 6.04. The largest absolute Gasteiger partial charge is 0.381 e. The van der Waals surface area contributed by atoms with E-state index in [-0.39, 0.29) is 11.8 Å². The molecule has 90 valence electrons. The summed E-state index contributed by atoms with van der Waals surface area (Å²) in [6.07, 6.45) is 4.53. The quantitative estimate of drug-likeness (QED) is 0.600. The van der Waals surface area contributed by atoms with Gasteiger partial charge in [-0.1, -0.05) is 33.6 Å². The van der Waals surface area contributed by atoms with Gasteiger partial charge in [-0.3, -0.25) is 4.79 Å². The molecule has 15 heavy (non-hydrogen) atoms. The van der Waals surface area contributed by atoms with Crippen LogP contribution in [0.1, 0.15) is 46.5 Å². The first kappa shape index (κ1) is 14.4. The second-order valence-corrected chi connectivity index (χ2v) is 4.12. The number of hydrogen-bond acceptors (Lipinski definition) is 2. The number of nitrogens with one attached hydrogen (secondary N) is 1. The molecular weight excluding hydrogens is 190 g/mol. The fourth-order valence-electron chi connectivity index (χ4n) is 1.15. The van der Waals surface area contributed by atoms with Crippen molar-refractivity contribution in [1.29, 1.82) is 0 Å². The molecule has 0 saturated heterocycles. The molecular formula is C12H25NO2. The SMILES string of the molecule is CCCCCOCCCNC(=O)C(C)C. The van der Waals surface area contributed by atoms with Crippen LogP contribution in [-0.4, -0.2) is 25.7 Å². The van der Waals surface area contributed by atoms with Gasteiger partial charge in [-0.25, -0.2) is 0 Å². The molecule has 0 bridgehead atoms. The molecule has 3 nitrogen and oxygen atoms in total. The van der Waals surface area contributed by atoms with Crippen LogP contribution in [-0.2, 0) is 9.53 Å². The Balaban J connectivity index is 3.08. The molecule has 0 unspecified atom stereocenters. The standard InChI is InChI=1S/C12H25NO2/c1-4-5-6-9-15-10-7-8-13-12(14)11(2)3/h11H,4-10H2,1-3H3,(H,13,14). The van der Waals surface area contributed by atoms with E-state index in [4.69, 9.17) is 4.74 Å². The zero-order valence-corrected chi connectivity index (χ0v) is 10.3. The number of carbonyl (C=O) groups excluding carboxylic acids is 1. The van der Waals surface area contributed by atoms with Crippen molar-refractivity contribution in [3.05, 3.63) is 0 Å². The maximum Gasteiger partial charge on any atom is 0.222 e. The van der Waals surface area contributed by atoms with Crippen molar-refractivity contribution in [2.75, 3.05) is 19.8 Å². The van der Waals surface area contributed by atoms with E-state index in [0.29, 0.717) is 0 Å². The second-order valence-electron chi connectivity index (χ2n) is 4.12. The molecule has 0 heterocycles. The van der Waals surface area contributed by atoms with E-state index in [9.17, 15) is 4.79 Å². The lowest BCUT2D eigenvalue weighted by atomic mass is 10.2. The van der Waals surface area contributed by atoms with Crippen LogP contribution >= 0.6 is 0 Å². The lowest BCUT2D eigenvalue weighted by Gasteiger charge is -2.07. The van der Waals surface area contributed by atoms with Crippen LogP contribution < -0.4 is 5.32 Å². The average Bonchev–Trinajstić information content (AvgIpc) is 2.21. The summed E-state index contributed by atoms with van der Waals surface area (Å²) in [5.74, 6) is 0.205. The third-order valence-corrected chi connectivity index (χ3v) is 2.18. The molecule has 0 aliphatic carbocycles. The Kier molecular flexibility index (Phi) is 9.59. The topological polar surface area (TPSA) is 38.3 Å². The molecule has 0 saturated carbocycles. The van der Waals surface area contributed by atoms with Crippen molar-refractivity contribution < 1.29 is 9.53 Å². The van der Waals surface area contributed by atoms with Gasteiger partial charge in [0.1, 0.15) is 0 Å². The summed E-state index contributed by atoms with van der Waals surface area (Å²) in [6.45, 7) is 8.31. The predicted molar refractivity (Wildman–Crippen MR) is 62.8 cm³/mol. The van der Waals surface area contributed by atoms with Gasteiger partial charge < -0.3 is 10.1 Å². The van der Waals surface area contributed by atoms with Gasteiger partial charge >= 0.3 is 0 Å². The fourth-order valence-corrected chi connectivity index (χ4v) is 1.15. The average molecular weight is 215 g/mol. The minimum Gasteiger partial charge on any atom is -0.381 e. The maximum atomic E-state index is 11.2. The van der Waals surface area contributed by atoms with E-state index in [1.165, 1.54) is 12.8 Å². The predicted octanol–water partition coefficient (Wildman–Crippen LogP) is 2.36. The zero-order valence-electron chi connectivity index (χ0n) is 10.3. The summed E-state index contributed by atoms with van der Waals surface area (Å²) in [5.41, 5.74) is 0. The van der Waals surface area contributed by atoms with Crippen molar-refractivity contribution >= 4 is 5.91 Å². The molecule has 1 amide bonds. The zero-order chi connectivity index (χ0) is 11.5.